The minimum Gasteiger partial charge on any atom is -0.853 e. The van der Waals surface area contributed by atoms with Gasteiger partial charge in [0.2, 0.25) is 5.91 Å². The molecule has 26 heavy (non-hydrogen) atoms. The van der Waals surface area contributed by atoms with E-state index < -0.39 is 0 Å². The quantitative estimate of drug-likeness (QED) is 0.603. The van der Waals surface area contributed by atoms with E-state index in [1.807, 2.05) is 0 Å². The molecule has 7 heteroatoms. The van der Waals surface area contributed by atoms with Crippen molar-refractivity contribution in [3.8, 4) is 0 Å². The summed E-state index contributed by atoms with van der Waals surface area (Å²) in [4.78, 5) is 15.0. The number of nitrogens with zero attached hydrogens (tertiary/aromatic N) is 1. The lowest BCUT2D eigenvalue weighted by atomic mass is 9.73. The minimum absolute atomic E-state index is 0.0246. The second-order valence-corrected chi connectivity index (χ2v) is 10.5. The topological polar surface area (TPSA) is 93.4 Å². The normalized spacial score (nSPS) is 37.3. The third kappa shape index (κ3) is 4.55. The second kappa shape index (κ2) is 8.78. The first-order valence-electron chi connectivity index (χ1n) is 10.2. The van der Waals surface area contributed by atoms with Crippen molar-refractivity contribution in [2.45, 2.75) is 68.2 Å². The van der Waals surface area contributed by atoms with Gasteiger partial charge in [-0.3, -0.25) is 15.0 Å². The highest BCUT2D eigenvalue weighted by molar-refractivity contribution is 8.01. The number of piperidine rings is 1. The maximum absolute atomic E-state index is 12.6. The molecule has 0 radical (unpaired) electrons. The molecule has 5 atom stereocenters. The summed E-state index contributed by atoms with van der Waals surface area (Å²) >= 11 is 1.73. The molecule has 6 nitrogen and oxygen atoms in total. The number of carbonyl (C=O) groups is 1. The van der Waals surface area contributed by atoms with Gasteiger partial charge in [0, 0.05) is 30.9 Å². The van der Waals surface area contributed by atoms with E-state index in [0.29, 0.717) is 13.1 Å². The number of nitrogens with one attached hydrogen (secondary N) is 2. The second-order valence-electron chi connectivity index (χ2n) is 8.69. The number of likely N-dealkylation sites (tertiary alicyclic amines) is 1. The highest BCUT2D eigenvalue weighted by atomic mass is 32.2. The van der Waals surface area contributed by atoms with Crippen LogP contribution in [0.25, 0.3) is 0 Å². The van der Waals surface area contributed by atoms with Crippen molar-refractivity contribution >= 4 is 17.7 Å². The van der Waals surface area contributed by atoms with Gasteiger partial charge in [0.1, 0.15) is 6.04 Å². The van der Waals surface area contributed by atoms with Crippen molar-refractivity contribution in [3.05, 3.63) is 0 Å². The predicted molar refractivity (Wildman–Crippen MR) is 105 cm³/mol. The molecule has 4 N–H and O–H groups in total. The Balaban J connectivity index is 1.48. The van der Waals surface area contributed by atoms with E-state index in [4.69, 9.17) is 5.73 Å². The van der Waals surface area contributed by atoms with Gasteiger partial charge >= 0.3 is 0 Å². The van der Waals surface area contributed by atoms with E-state index in [0.717, 1.165) is 31.3 Å². The minimum atomic E-state index is -0.222. The van der Waals surface area contributed by atoms with Crippen LogP contribution < -0.4 is 21.5 Å². The molecule has 150 valence electrons. The summed E-state index contributed by atoms with van der Waals surface area (Å²) < 4.78 is -0.161. The summed E-state index contributed by atoms with van der Waals surface area (Å²) in [5.74, 6) is 1.55. The SMILES string of the molecule is CC1(C)SC(CN)N[C@H]1C(=O)NCCN1C[C@@H]2CCCC[C@@H]2CC1C[O-]. The van der Waals surface area contributed by atoms with Gasteiger partial charge in [-0.2, -0.15) is 0 Å². The zero-order valence-electron chi connectivity index (χ0n) is 16.2. The summed E-state index contributed by atoms with van der Waals surface area (Å²) in [6, 6.07) is -0.0788. The molecule has 1 amide bonds. The van der Waals surface area contributed by atoms with Gasteiger partial charge in [0.15, 0.2) is 0 Å². The van der Waals surface area contributed by atoms with Crippen molar-refractivity contribution in [2.24, 2.45) is 17.6 Å². The Kier molecular flexibility index (Phi) is 6.88. The van der Waals surface area contributed by atoms with Crippen molar-refractivity contribution in [1.82, 2.24) is 15.5 Å². The Morgan fingerprint density at radius 1 is 1.35 bits per heavy atom. The maximum Gasteiger partial charge on any atom is 0.238 e. The van der Waals surface area contributed by atoms with E-state index in [9.17, 15) is 9.90 Å². The molecule has 2 aliphatic heterocycles. The molecule has 2 heterocycles. The van der Waals surface area contributed by atoms with Crippen LogP contribution >= 0.6 is 11.8 Å². The molecule has 1 aliphatic carbocycles. The number of fused-ring (bicyclic) bond motifs is 1. The molecule has 0 aromatic carbocycles. The van der Waals surface area contributed by atoms with E-state index >= 15 is 0 Å². The van der Waals surface area contributed by atoms with E-state index in [2.05, 4.69) is 29.4 Å². The first-order chi connectivity index (χ1) is 12.4. The van der Waals surface area contributed by atoms with Gasteiger partial charge in [-0.15, -0.1) is 18.4 Å². The zero-order valence-corrected chi connectivity index (χ0v) is 17.0. The summed E-state index contributed by atoms with van der Waals surface area (Å²) in [6.07, 6.45) is 6.31. The molecule has 3 aliphatic rings. The van der Waals surface area contributed by atoms with E-state index in [1.54, 1.807) is 11.8 Å². The van der Waals surface area contributed by atoms with Crippen LogP contribution in [-0.2, 0) is 4.79 Å². The lowest BCUT2D eigenvalue weighted by Crippen LogP contribution is -2.55. The molecule has 2 saturated heterocycles. The molecule has 0 bridgehead atoms. The zero-order chi connectivity index (χ0) is 18.7. The van der Waals surface area contributed by atoms with Crippen molar-refractivity contribution < 1.29 is 9.90 Å². The number of hydrogen-bond donors (Lipinski definition) is 3. The third-order valence-electron chi connectivity index (χ3n) is 6.49. The average Bonchev–Trinajstić information content (AvgIpc) is 2.95. The van der Waals surface area contributed by atoms with Gasteiger partial charge in [-0.05, 0) is 44.6 Å². The molecule has 3 fully saturated rings. The number of amides is 1. The van der Waals surface area contributed by atoms with Gasteiger partial charge in [0.05, 0.1) is 5.37 Å². The summed E-state index contributed by atoms with van der Waals surface area (Å²) in [7, 11) is 0. The Morgan fingerprint density at radius 2 is 2.08 bits per heavy atom. The molecule has 3 rings (SSSR count). The number of carbonyl (C=O) groups excluding carboxylic acids is 1. The molecule has 0 spiro atoms. The summed E-state index contributed by atoms with van der Waals surface area (Å²) in [5, 5.41) is 18.2. The Bertz CT molecular complexity index is 490. The highest BCUT2D eigenvalue weighted by Crippen LogP contribution is 2.38. The van der Waals surface area contributed by atoms with Crippen LogP contribution in [0.15, 0.2) is 0 Å². The van der Waals surface area contributed by atoms with Crippen LogP contribution in [-0.4, -0.2) is 65.8 Å². The highest BCUT2D eigenvalue weighted by Gasteiger charge is 2.44. The first kappa shape index (κ1) is 20.4. The third-order valence-corrected chi connectivity index (χ3v) is 7.94. The number of nitrogens with two attached hydrogens (primary N) is 1. The van der Waals surface area contributed by atoms with Crippen molar-refractivity contribution in [2.75, 3.05) is 32.8 Å². The van der Waals surface area contributed by atoms with Crippen LogP contribution in [0.1, 0.15) is 46.0 Å². The van der Waals surface area contributed by atoms with Gasteiger partial charge in [-0.25, -0.2) is 0 Å². The molecular formula is C19H35N4O2S-. The van der Waals surface area contributed by atoms with Crippen LogP contribution in [0.4, 0.5) is 0 Å². The molecule has 1 saturated carbocycles. The fourth-order valence-electron chi connectivity index (χ4n) is 5.02. The van der Waals surface area contributed by atoms with Gasteiger partial charge < -0.3 is 16.2 Å². The maximum atomic E-state index is 12.6. The predicted octanol–water partition coefficient (Wildman–Crippen LogP) is 0.112. The van der Waals surface area contributed by atoms with Crippen molar-refractivity contribution in [1.29, 1.82) is 0 Å². The van der Waals surface area contributed by atoms with Crippen LogP contribution in [0, 0.1) is 11.8 Å². The number of rotatable bonds is 6. The Labute approximate surface area is 162 Å². The van der Waals surface area contributed by atoms with E-state index in [-0.39, 0.29) is 34.7 Å². The Morgan fingerprint density at radius 3 is 2.73 bits per heavy atom. The van der Waals surface area contributed by atoms with Gasteiger partial charge in [-0.1, -0.05) is 19.3 Å². The summed E-state index contributed by atoms with van der Waals surface area (Å²) in [6.45, 7) is 7.10. The van der Waals surface area contributed by atoms with Crippen molar-refractivity contribution in [3.63, 3.8) is 0 Å². The number of thioether (sulfide) groups is 1. The molecule has 0 aromatic rings. The smallest absolute Gasteiger partial charge is 0.238 e. The monoisotopic (exact) mass is 383 g/mol. The average molecular weight is 384 g/mol. The molecule has 0 aromatic heterocycles. The van der Waals surface area contributed by atoms with E-state index in [1.165, 1.54) is 25.7 Å². The molecule has 2 unspecified atom stereocenters. The number of hydrogen-bond acceptors (Lipinski definition) is 6. The summed E-state index contributed by atoms with van der Waals surface area (Å²) in [5.41, 5.74) is 5.75. The fraction of sp³-hybridized carbons (Fsp3) is 0.947. The Hall–Kier alpha value is -0.340. The standard InChI is InChI=1S/C19H35N4O2S/c1-19(2)17(22-16(10-20)26-19)18(25)21-7-8-23-11-14-6-4-3-5-13(14)9-15(23)12-24/h13-17,22H,3-12,20H2,1-2H3,(H,21,25)/q-1/t13-,14+,15?,16?,17+/m1/s1. The van der Waals surface area contributed by atoms with Crippen LogP contribution in [0.5, 0.6) is 0 Å². The van der Waals surface area contributed by atoms with Crippen LogP contribution in [0.2, 0.25) is 0 Å². The van der Waals surface area contributed by atoms with Crippen LogP contribution in [0.3, 0.4) is 0 Å². The largest absolute Gasteiger partial charge is 0.853 e. The lowest BCUT2D eigenvalue weighted by molar-refractivity contribution is -0.381. The van der Waals surface area contributed by atoms with Gasteiger partial charge in [0.25, 0.3) is 0 Å². The molecular weight excluding hydrogens is 348 g/mol. The fourth-order valence-corrected chi connectivity index (χ4v) is 6.36. The first-order valence-corrected chi connectivity index (χ1v) is 11.1. The lowest BCUT2D eigenvalue weighted by Gasteiger charge is -2.47.